The number of hydrogen-bond donors (Lipinski definition) is 0. The van der Waals surface area contributed by atoms with Crippen LogP contribution in [0, 0.1) is 5.82 Å². The van der Waals surface area contributed by atoms with Crippen LogP contribution in [0.2, 0.25) is 5.02 Å². The number of hydrogen-bond acceptors (Lipinski definition) is 4. The Morgan fingerprint density at radius 1 is 1.06 bits per heavy atom. The van der Waals surface area contributed by atoms with E-state index in [0.717, 1.165) is 47.2 Å². The molecule has 1 aromatic heterocycles. The number of aromatic nitrogens is 1. The first-order valence-corrected chi connectivity index (χ1v) is 10.4. The van der Waals surface area contributed by atoms with E-state index in [4.69, 9.17) is 21.1 Å². The summed E-state index contributed by atoms with van der Waals surface area (Å²) in [6.07, 6.45) is 2.67. The molecule has 0 amide bonds. The monoisotopic (exact) mass is 437 g/mol. The van der Waals surface area contributed by atoms with Crippen molar-refractivity contribution in [1.82, 2.24) is 4.98 Å². The van der Waals surface area contributed by atoms with Gasteiger partial charge in [-0.15, -0.1) is 0 Å². The third-order valence-electron chi connectivity index (χ3n) is 5.24. The molecule has 1 heterocycles. The molecule has 1 aliphatic rings. The zero-order valence-electron chi connectivity index (χ0n) is 17.0. The van der Waals surface area contributed by atoms with Gasteiger partial charge in [0.2, 0.25) is 0 Å². The van der Waals surface area contributed by atoms with Crippen LogP contribution >= 0.6 is 11.6 Å². The first-order chi connectivity index (χ1) is 15.0. The summed E-state index contributed by atoms with van der Waals surface area (Å²) in [6, 6.07) is 17.1. The fraction of sp³-hybridized carbons (Fsp3) is 0.200. The Hall–Kier alpha value is -3.18. The van der Waals surface area contributed by atoms with Crippen LogP contribution in [0.15, 0.2) is 60.7 Å². The van der Waals surface area contributed by atoms with Gasteiger partial charge in [0.1, 0.15) is 23.9 Å². The first-order valence-electron chi connectivity index (χ1n) is 10.00. The molecule has 4 rings (SSSR count). The average molecular weight is 438 g/mol. The Bertz CT molecular complexity index is 1140. The molecule has 4 nitrogen and oxygen atoms in total. The average Bonchev–Trinajstić information content (AvgIpc) is 3.28. The van der Waals surface area contributed by atoms with Gasteiger partial charge < -0.3 is 9.47 Å². The molecule has 0 unspecified atom stereocenters. The Morgan fingerprint density at radius 2 is 1.84 bits per heavy atom. The molecule has 0 atom stereocenters. The summed E-state index contributed by atoms with van der Waals surface area (Å²) < 4.78 is 24.1. The van der Waals surface area contributed by atoms with Crippen LogP contribution in [-0.2, 0) is 11.3 Å². The van der Waals surface area contributed by atoms with Crippen molar-refractivity contribution in [3.63, 3.8) is 0 Å². The maximum absolute atomic E-state index is 13.2. The van der Waals surface area contributed by atoms with Crippen LogP contribution < -0.4 is 4.74 Å². The van der Waals surface area contributed by atoms with Crippen LogP contribution in [-0.4, -0.2) is 18.1 Å². The summed E-state index contributed by atoms with van der Waals surface area (Å²) in [5, 5.41) is 0.610. The number of allylic oxidation sites excluding steroid dienone is 2. The lowest BCUT2D eigenvalue weighted by Crippen LogP contribution is -2.05. The molecule has 0 spiro atoms. The standard InChI is InChI=1S/C25H21ClFNO3/c1-30-25(29)23-7-3-6-22(28-23)20-5-2-4-19(20)21-14-17(26)10-13-24(21)31-15-16-8-11-18(27)12-9-16/h3,6-14H,2,4-5,15H2,1H3. The van der Waals surface area contributed by atoms with Gasteiger partial charge >= 0.3 is 5.97 Å². The van der Waals surface area contributed by atoms with E-state index in [2.05, 4.69) is 4.98 Å². The summed E-state index contributed by atoms with van der Waals surface area (Å²) in [5.74, 6) is -0.0429. The third-order valence-corrected chi connectivity index (χ3v) is 5.48. The second-order valence-corrected chi connectivity index (χ2v) is 7.70. The smallest absolute Gasteiger partial charge is 0.356 e. The minimum absolute atomic E-state index is 0.276. The molecule has 0 radical (unpaired) electrons. The number of methoxy groups -OCH3 is 1. The van der Waals surface area contributed by atoms with E-state index in [1.807, 2.05) is 18.2 Å². The van der Waals surface area contributed by atoms with Crippen LogP contribution in [0.4, 0.5) is 4.39 Å². The fourth-order valence-corrected chi connectivity index (χ4v) is 3.92. The van der Waals surface area contributed by atoms with Crippen LogP contribution in [0.5, 0.6) is 5.75 Å². The molecular weight excluding hydrogens is 417 g/mol. The molecule has 0 N–H and O–H groups in total. The summed E-state index contributed by atoms with van der Waals surface area (Å²) in [7, 11) is 1.34. The number of esters is 1. The van der Waals surface area contributed by atoms with Crippen molar-refractivity contribution in [2.75, 3.05) is 7.11 Å². The van der Waals surface area contributed by atoms with E-state index in [0.29, 0.717) is 17.4 Å². The maximum Gasteiger partial charge on any atom is 0.356 e. The molecule has 3 aromatic rings. The van der Waals surface area contributed by atoms with Gasteiger partial charge in [-0.1, -0.05) is 29.8 Å². The number of ether oxygens (including phenoxy) is 2. The van der Waals surface area contributed by atoms with Gasteiger partial charge in [-0.2, -0.15) is 0 Å². The predicted molar refractivity (Wildman–Crippen MR) is 118 cm³/mol. The highest BCUT2D eigenvalue weighted by atomic mass is 35.5. The Labute approximate surface area is 185 Å². The van der Waals surface area contributed by atoms with Gasteiger partial charge in [-0.3, -0.25) is 0 Å². The van der Waals surface area contributed by atoms with E-state index in [-0.39, 0.29) is 11.5 Å². The third kappa shape index (κ3) is 4.78. The Morgan fingerprint density at radius 3 is 2.61 bits per heavy atom. The fourth-order valence-electron chi connectivity index (χ4n) is 3.75. The van der Waals surface area contributed by atoms with Crippen molar-refractivity contribution in [3.8, 4) is 5.75 Å². The number of halogens is 2. The van der Waals surface area contributed by atoms with Gasteiger partial charge in [0.05, 0.1) is 12.8 Å². The molecule has 0 saturated carbocycles. The molecule has 0 aliphatic heterocycles. The largest absolute Gasteiger partial charge is 0.488 e. The van der Waals surface area contributed by atoms with Crippen molar-refractivity contribution in [3.05, 3.63) is 94.0 Å². The minimum Gasteiger partial charge on any atom is -0.488 e. The van der Waals surface area contributed by atoms with Crippen LogP contribution in [0.1, 0.15) is 46.6 Å². The second-order valence-electron chi connectivity index (χ2n) is 7.27. The molecule has 31 heavy (non-hydrogen) atoms. The van der Waals surface area contributed by atoms with Crippen LogP contribution in [0.25, 0.3) is 11.1 Å². The molecule has 158 valence electrons. The van der Waals surface area contributed by atoms with Gasteiger partial charge in [0, 0.05) is 10.6 Å². The topological polar surface area (TPSA) is 48.4 Å². The molecule has 2 aromatic carbocycles. The summed E-state index contributed by atoms with van der Waals surface area (Å²) in [5.41, 5.74) is 4.98. The number of rotatable bonds is 6. The van der Waals surface area contributed by atoms with E-state index in [9.17, 15) is 9.18 Å². The molecule has 0 bridgehead atoms. The van der Waals surface area contributed by atoms with Crippen molar-refractivity contribution in [1.29, 1.82) is 0 Å². The molecule has 0 saturated heterocycles. The van der Waals surface area contributed by atoms with Crippen molar-refractivity contribution >= 4 is 28.7 Å². The van der Waals surface area contributed by atoms with Crippen molar-refractivity contribution < 1.29 is 18.7 Å². The highest BCUT2D eigenvalue weighted by Crippen LogP contribution is 2.43. The predicted octanol–water partition coefficient (Wildman–Crippen LogP) is 6.33. The number of benzene rings is 2. The van der Waals surface area contributed by atoms with Crippen LogP contribution in [0.3, 0.4) is 0 Å². The summed E-state index contributed by atoms with van der Waals surface area (Å²) >= 11 is 6.31. The lowest BCUT2D eigenvalue weighted by Gasteiger charge is -2.15. The Kier molecular flexibility index (Phi) is 6.33. The van der Waals surface area contributed by atoms with Crippen molar-refractivity contribution in [2.45, 2.75) is 25.9 Å². The number of carbonyl (C=O) groups is 1. The van der Waals surface area contributed by atoms with Gasteiger partial charge in [-0.25, -0.2) is 14.2 Å². The zero-order valence-corrected chi connectivity index (χ0v) is 17.8. The van der Waals surface area contributed by atoms with E-state index < -0.39 is 5.97 Å². The maximum atomic E-state index is 13.2. The number of pyridine rings is 1. The number of nitrogens with zero attached hydrogens (tertiary/aromatic N) is 1. The molecular formula is C25H21ClFNO3. The second kappa shape index (κ2) is 9.31. The van der Waals surface area contributed by atoms with E-state index >= 15 is 0 Å². The molecule has 6 heteroatoms. The molecule has 0 fully saturated rings. The number of carbonyl (C=O) groups excluding carboxylic acids is 1. The van der Waals surface area contributed by atoms with Gasteiger partial charge in [-0.05, 0) is 78.4 Å². The lowest BCUT2D eigenvalue weighted by molar-refractivity contribution is 0.0594. The van der Waals surface area contributed by atoms with Gasteiger partial charge in [0.15, 0.2) is 0 Å². The van der Waals surface area contributed by atoms with Crippen molar-refractivity contribution in [2.24, 2.45) is 0 Å². The highest BCUT2D eigenvalue weighted by Gasteiger charge is 2.22. The van der Waals surface area contributed by atoms with E-state index in [1.165, 1.54) is 19.2 Å². The zero-order chi connectivity index (χ0) is 21.8. The lowest BCUT2D eigenvalue weighted by atomic mass is 9.99. The Balaban J connectivity index is 1.69. The highest BCUT2D eigenvalue weighted by molar-refractivity contribution is 6.30. The first kappa shape index (κ1) is 21.1. The molecule has 1 aliphatic carbocycles. The summed E-state index contributed by atoms with van der Waals surface area (Å²) in [4.78, 5) is 16.4. The van der Waals surface area contributed by atoms with E-state index in [1.54, 1.807) is 30.3 Å². The normalized spacial score (nSPS) is 13.4. The quantitative estimate of drug-likeness (QED) is 0.422. The SMILES string of the molecule is COC(=O)c1cccc(C2=C(c3cc(Cl)ccc3OCc3ccc(F)cc3)CCC2)n1. The minimum atomic E-state index is -0.465. The summed E-state index contributed by atoms with van der Waals surface area (Å²) in [6.45, 7) is 0.313. The van der Waals surface area contributed by atoms with Gasteiger partial charge in [0.25, 0.3) is 0 Å².